The summed E-state index contributed by atoms with van der Waals surface area (Å²) >= 11 is 0.967. The molecule has 1 aromatic rings. The molecule has 0 fully saturated rings. The normalized spacial score (nSPS) is 15.2. The van der Waals surface area contributed by atoms with E-state index in [1.807, 2.05) is 20.8 Å². The Bertz CT molecular complexity index is 669. The van der Waals surface area contributed by atoms with Crippen LogP contribution in [0.2, 0.25) is 0 Å². The zero-order chi connectivity index (χ0) is 15.8. The van der Waals surface area contributed by atoms with Gasteiger partial charge in [-0.3, -0.25) is 0 Å². The van der Waals surface area contributed by atoms with Gasteiger partial charge in [0.05, 0.1) is 11.8 Å². The smallest absolute Gasteiger partial charge is 0.224 e. The fourth-order valence-electron chi connectivity index (χ4n) is 1.66. The zero-order valence-corrected chi connectivity index (χ0v) is 14.3. The molecule has 0 bridgehead atoms. The monoisotopic (exact) mass is 340 g/mol. The molecule has 0 spiro atoms. The van der Waals surface area contributed by atoms with Gasteiger partial charge in [0.15, 0.2) is 0 Å². The molecule has 0 saturated heterocycles. The molecule has 0 aliphatic rings. The molecule has 20 heavy (non-hydrogen) atoms. The van der Waals surface area contributed by atoms with Gasteiger partial charge in [-0.1, -0.05) is 20.8 Å². The molecule has 0 aliphatic heterocycles. The van der Waals surface area contributed by atoms with E-state index in [0.717, 1.165) is 11.3 Å². The Hall–Kier alpha value is -0.480. The van der Waals surface area contributed by atoms with E-state index in [1.54, 1.807) is 13.0 Å². The van der Waals surface area contributed by atoms with Crippen molar-refractivity contribution in [3.8, 4) is 0 Å². The van der Waals surface area contributed by atoms with Crippen molar-refractivity contribution >= 4 is 31.4 Å². The quantitative estimate of drug-likeness (QED) is 0.845. The molecule has 1 unspecified atom stereocenters. The van der Waals surface area contributed by atoms with Gasteiger partial charge in [-0.2, -0.15) is 0 Å². The van der Waals surface area contributed by atoms with E-state index in [4.69, 9.17) is 5.14 Å². The fraction of sp³-hybridized carbons (Fsp3) is 0.636. The summed E-state index contributed by atoms with van der Waals surface area (Å²) in [6.07, 6.45) is 0. The highest BCUT2D eigenvalue weighted by Crippen LogP contribution is 2.26. The third kappa shape index (κ3) is 5.49. The molecule has 1 heterocycles. The maximum Gasteiger partial charge on any atom is 0.247 e. The minimum Gasteiger partial charge on any atom is -0.224 e. The Balaban J connectivity index is 2.87. The predicted molar refractivity (Wildman–Crippen MR) is 80.5 cm³/mol. The van der Waals surface area contributed by atoms with E-state index < -0.39 is 26.1 Å². The van der Waals surface area contributed by atoms with Crippen molar-refractivity contribution in [2.45, 2.75) is 37.9 Å². The second-order valence-corrected chi connectivity index (χ2v) is 10.5. The summed E-state index contributed by atoms with van der Waals surface area (Å²) in [7, 11) is -7.18. The molecular formula is C11H20N2O4S3. The third-order valence-corrected chi connectivity index (χ3v) is 6.95. The Labute approximate surface area is 124 Å². The number of sulfonamides is 2. The third-order valence-electron chi connectivity index (χ3n) is 2.29. The van der Waals surface area contributed by atoms with Gasteiger partial charge < -0.3 is 0 Å². The minimum atomic E-state index is -3.75. The topological polar surface area (TPSA) is 106 Å². The van der Waals surface area contributed by atoms with E-state index in [0.29, 0.717) is 4.88 Å². The van der Waals surface area contributed by atoms with E-state index in [-0.39, 0.29) is 15.4 Å². The first-order chi connectivity index (χ1) is 8.80. The molecule has 0 aromatic carbocycles. The van der Waals surface area contributed by atoms with Crippen molar-refractivity contribution in [1.29, 1.82) is 0 Å². The second kappa shape index (κ2) is 5.72. The van der Waals surface area contributed by atoms with Crippen molar-refractivity contribution in [2.75, 3.05) is 5.75 Å². The Morgan fingerprint density at radius 1 is 1.25 bits per heavy atom. The van der Waals surface area contributed by atoms with Crippen LogP contribution < -0.4 is 9.86 Å². The van der Waals surface area contributed by atoms with Crippen LogP contribution in [0.3, 0.4) is 0 Å². The largest absolute Gasteiger partial charge is 0.247 e. The van der Waals surface area contributed by atoms with Crippen LogP contribution in [0.1, 0.15) is 38.6 Å². The molecule has 0 aliphatic carbocycles. The van der Waals surface area contributed by atoms with Gasteiger partial charge in [0, 0.05) is 4.88 Å². The lowest BCUT2D eigenvalue weighted by atomic mass is 10.0. The SMILES string of the molecule is CC(NS(=O)(=O)CC(C)(C)C)c1ccc(S(N)(=O)=O)s1. The first-order valence-corrected chi connectivity index (χ1v) is 9.94. The summed E-state index contributed by atoms with van der Waals surface area (Å²) in [4.78, 5) is 0.603. The van der Waals surface area contributed by atoms with E-state index >= 15 is 0 Å². The molecule has 0 amide bonds. The van der Waals surface area contributed by atoms with Crippen molar-refractivity contribution in [1.82, 2.24) is 4.72 Å². The van der Waals surface area contributed by atoms with E-state index in [9.17, 15) is 16.8 Å². The maximum atomic E-state index is 12.0. The van der Waals surface area contributed by atoms with Gasteiger partial charge in [0.2, 0.25) is 20.0 Å². The van der Waals surface area contributed by atoms with Gasteiger partial charge in [0.25, 0.3) is 0 Å². The second-order valence-electron chi connectivity index (χ2n) is 5.86. The minimum absolute atomic E-state index is 0.00222. The molecule has 6 nitrogen and oxygen atoms in total. The lowest BCUT2D eigenvalue weighted by Gasteiger charge is -2.20. The summed E-state index contributed by atoms with van der Waals surface area (Å²) in [6.45, 7) is 7.17. The number of nitrogens with one attached hydrogen (secondary N) is 1. The number of thiophene rings is 1. The molecular weight excluding hydrogens is 320 g/mol. The number of rotatable bonds is 5. The van der Waals surface area contributed by atoms with Gasteiger partial charge in [-0.25, -0.2) is 26.7 Å². The van der Waals surface area contributed by atoms with Crippen LogP contribution >= 0.6 is 11.3 Å². The molecule has 1 rings (SSSR count). The lowest BCUT2D eigenvalue weighted by Crippen LogP contribution is -2.33. The molecule has 1 aromatic heterocycles. The molecule has 0 radical (unpaired) electrons. The summed E-state index contributed by atoms with van der Waals surface area (Å²) in [5.41, 5.74) is -0.354. The number of nitrogens with two attached hydrogens (primary N) is 1. The average Bonchev–Trinajstić information content (AvgIpc) is 2.59. The van der Waals surface area contributed by atoms with Gasteiger partial charge in [-0.05, 0) is 24.5 Å². The highest BCUT2D eigenvalue weighted by atomic mass is 32.2. The Kier molecular flexibility index (Phi) is 5.03. The average molecular weight is 340 g/mol. The maximum absolute atomic E-state index is 12.0. The van der Waals surface area contributed by atoms with Gasteiger partial charge in [-0.15, -0.1) is 11.3 Å². The number of hydrogen-bond donors (Lipinski definition) is 2. The lowest BCUT2D eigenvalue weighted by molar-refractivity contribution is 0.455. The first-order valence-electron chi connectivity index (χ1n) is 5.93. The van der Waals surface area contributed by atoms with Crippen LogP contribution in [0.25, 0.3) is 0 Å². The zero-order valence-electron chi connectivity index (χ0n) is 11.9. The fourth-order valence-corrected chi connectivity index (χ4v) is 5.37. The van der Waals surface area contributed by atoms with Crippen molar-refractivity contribution < 1.29 is 16.8 Å². The molecule has 0 saturated carbocycles. The van der Waals surface area contributed by atoms with Crippen LogP contribution in [0, 0.1) is 5.41 Å². The van der Waals surface area contributed by atoms with Crippen LogP contribution in [-0.4, -0.2) is 22.6 Å². The first kappa shape index (κ1) is 17.6. The van der Waals surface area contributed by atoms with Crippen molar-refractivity contribution in [3.05, 3.63) is 17.0 Å². The summed E-state index contributed by atoms with van der Waals surface area (Å²) < 4.78 is 48.9. The van der Waals surface area contributed by atoms with Crippen molar-refractivity contribution in [3.63, 3.8) is 0 Å². The van der Waals surface area contributed by atoms with Gasteiger partial charge >= 0.3 is 0 Å². The molecule has 9 heteroatoms. The molecule has 1 atom stereocenters. The number of primary sulfonamides is 1. The van der Waals surface area contributed by atoms with Crippen LogP contribution in [0.4, 0.5) is 0 Å². The van der Waals surface area contributed by atoms with Gasteiger partial charge in [0.1, 0.15) is 4.21 Å². The van der Waals surface area contributed by atoms with Crippen molar-refractivity contribution in [2.24, 2.45) is 10.6 Å². The van der Waals surface area contributed by atoms with Crippen LogP contribution in [0.5, 0.6) is 0 Å². The summed E-state index contributed by atoms with van der Waals surface area (Å²) in [6, 6.07) is 2.45. The highest BCUT2D eigenvalue weighted by Gasteiger charge is 2.24. The van der Waals surface area contributed by atoms with Crippen LogP contribution in [0.15, 0.2) is 16.3 Å². The van der Waals surface area contributed by atoms with Crippen LogP contribution in [-0.2, 0) is 20.0 Å². The summed E-state index contributed by atoms with van der Waals surface area (Å²) in [5.74, 6) is -0.00222. The molecule has 116 valence electrons. The standard InChI is InChI=1S/C11H20N2O4S3/c1-8(13-19(14,15)7-11(2,3)4)9-5-6-10(18-9)20(12,16)17/h5-6,8,13H,7H2,1-4H3,(H2,12,16,17). The van der Waals surface area contributed by atoms with E-state index in [2.05, 4.69) is 4.72 Å². The Morgan fingerprint density at radius 2 is 1.80 bits per heavy atom. The highest BCUT2D eigenvalue weighted by molar-refractivity contribution is 7.91. The number of hydrogen-bond acceptors (Lipinski definition) is 5. The predicted octanol–water partition coefficient (Wildman–Crippen LogP) is 1.42. The molecule has 3 N–H and O–H groups in total. The summed E-state index contributed by atoms with van der Waals surface area (Å²) in [5, 5.41) is 5.02. The van der Waals surface area contributed by atoms with E-state index in [1.165, 1.54) is 6.07 Å². The Morgan fingerprint density at radius 3 is 2.20 bits per heavy atom.